The SMILES string of the molecule is CCO[C@H](CCNC(=O)N1CCC[C@H]2CN(C)CC[C@@H]21)C(C)C. The standard InChI is InChI=1S/C18H35N3O2/c1-5-23-17(14(2)3)8-10-19-18(22)21-11-6-7-15-13-20(4)12-9-16(15)21/h14-17H,5-13H2,1-4H3,(H,19,22)/t15-,16-,17+/m0/s1. The minimum atomic E-state index is 0.128. The summed E-state index contributed by atoms with van der Waals surface area (Å²) in [6.07, 6.45) is 4.64. The summed E-state index contributed by atoms with van der Waals surface area (Å²) < 4.78 is 5.76. The van der Waals surface area contributed by atoms with Crippen molar-refractivity contribution in [3.8, 4) is 0 Å². The van der Waals surface area contributed by atoms with Crippen LogP contribution in [0.25, 0.3) is 0 Å². The van der Waals surface area contributed by atoms with E-state index >= 15 is 0 Å². The van der Waals surface area contributed by atoms with E-state index in [-0.39, 0.29) is 12.1 Å². The molecule has 0 aliphatic carbocycles. The number of fused-ring (bicyclic) bond motifs is 1. The molecule has 2 amide bonds. The molecular formula is C18H35N3O2. The number of nitrogens with one attached hydrogen (secondary N) is 1. The van der Waals surface area contributed by atoms with E-state index in [4.69, 9.17) is 4.74 Å². The second-order valence-electron chi connectivity index (χ2n) is 7.47. The molecule has 0 saturated carbocycles. The number of ether oxygens (including phenoxy) is 1. The molecule has 0 spiro atoms. The summed E-state index contributed by atoms with van der Waals surface area (Å²) in [4.78, 5) is 17.1. The predicted octanol–water partition coefficient (Wildman–Crippen LogP) is 2.56. The quantitative estimate of drug-likeness (QED) is 0.816. The molecular weight excluding hydrogens is 290 g/mol. The molecule has 5 nitrogen and oxygen atoms in total. The molecule has 0 bridgehead atoms. The largest absolute Gasteiger partial charge is 0.378 e. The Morgan fingerprint density at radius 3 is 2.78 bits per heavy atom. The molecule has 0 aromatic rings. The fraction of sp³-hybridized carbons (Fsp3) is 0.944. The number of urea groups is 1. The average molecular weight is 325 g/mol. The van der Waals surface area contributed by atoms with Crippen LogP contribution in [0.2, 0.25) is 0 Å². The molecule has 2 rings (SSSR count). The van der Waals surface area contributed by atoms with Gasteiger partial charge in [-0.05, 0) is 58.0 Å². The molecule has 5 heteroatoms. The molecule has 0 unspecified atom stereocenters. The lowest BCUT2D eigenvalue weighted by Crippen LogP contribution is -2.57. The van der Waals surface area contributed by atoms with Gasteiger partial charge in [0, 0.05) is 32.3 Å². The molecule has 1 N–H and O–H groups in total. The van der Waals surface area contributed by atoms with E-state index in [2.05, 4.69) is 36.0 Å². The second kappa shape index (κ2) is 8.88. The topological polar surface area (TPSA) is 44.8 Å². The number of amides is 2. The number of likely N-dealkylation sites (tertiary alicyclic amines) is 2. The molecule has 2 aliphatic heterocycles. The highest BCUT2D eigenvalue weighted by molar-refractivity contribution is 5.74. The van der Waals surface area contributed by atoms with Crippen molar-refractivity contribution in [2.75, 3.05) is 39.8 Å². The van der Waals surface area contributed by atoms with Gasteiger partial charge in [0.25, 0.3) is 0 Å². The lowest BCUT2D eigenvalue weighted by Gasteiger charge is -2.46. The van der Waals surface area contributed by atoms with Crippen LogP contribution in [-0.2, 0) is 4.74 Å². The van der Waals surface area contributed by atoms with Crippen LogP contribution in [0, 0.1) is 11.8 Å². The first-order valence-electron chi connectivity index (χ1n) is 9.37. The molecule has 0 radical (unpaired) electrons. The zero-order valence-corrected chi connectivity index (χ0v) is 15.4. The van der Waals surface area contributed by atoms with Crippen molar-refractivity contribution in [3.63, 3.8) is 0 Å². The summed E-state index contributed by atoms with van der Waals surface area (Å²) >= 11 is 0. The van der Waals surface area contributed by atoms with Gasteiger partial charge in [0.05, 0.1) is 6.10 Å². The van der Waals surface area contributed by atoms with E-state index in [9.17, 15) is 4.79 Å². The Morgan fingerprint density at radius 2 is 2.09 bits per heavy atom. The summed E-state index contributed by atoms with van der Waals surface area (Å²) in [6.45, 7) is 11.0. The number of hydrogen-bond donors (Lipinski definition) is 1. The zero-order valence-electron chi connectivity index (χ0n) is 15.4. The number of carbonyl (C=O) groups excluding carboxylic acids is 1. The first-order valence-corrected chi connectivity index (χ1v) is 9.37. The molecule has 3 atom stereocenters. The van der Waals surface area contributed by atoms with Gasteiger partial charge >= 0.3 is 6.03 Å². The Labute approximate surface area is 141 Å². The molecule has 134 valence electrons. The van der Waals surface area contributed by atoms with Crippen LogP contribution in [0.5, 0.6) is 0 Å². The van der Waals surface area contributed by atoms with Crippen LogP contribution in [-0.4, -0.2) is 67.8 Å². The minimum absolute atomic E-state index is 0.128. The summed E-state index contributed by atoms with van der Waals surface area (Å²) in [5.74, 6) is 1.14. The molecule has 0 aromatic carbocycles. The Balaban J connectivity index is 1.80. The summed E-state index contributed by atoms with van der Waals surface area (Å²) in [5, 5.41) is 3.13. The first-order chi connectivity index (χ1) is 11.0. The van der Waals surface area contributed by atoms with Crippen LogP contribution in [0.3, 0.4) is 0 Å². The highest BCUT2D eigenvalue weighted by Crippen LogP contribution is 2.30. The van der Waals surface area contributed by atoms with Gasteiger partial charge in [-0.3, -0.25) is 0 Å². The summed E-state index contributed by atoms with van der Waals surface area (Å²) in [5.41, 5.74) is 0. The highest BCUT2D eigenvalue weighted by atomic mass is 16.5. The maximum Gasteiger partial charge on any atom is 0.317 e. The second-order valence-corrected chi connectivity index (χ2v) is 7.47. The van der Waals surface area contributed by atoms with Crippen LogP contribution in [0.1, 0.15) is 46.5 Å². The van der Waals surface area contributed by atoms with Crippen LogP contribution in [0.15, 0.2) is 0 Å². The van der Waals surface area contributed by atoms with Crippen molar-refractivity contribution in [1.82, 2.24) is 15.1 Å². The van der Waals surface area contributed by atoms with E-state index in [1.54, 1.807) is 0 Å². The molecule has 2 fully saturated rings. The normalized spacial score (nSPS) is 26.9. The molecule has 0 aromatic heterocycles. The van der Waals surface area contributed by atoms with Crippen LogP contribution < -0.4 is 5.32 Å². The van der Waals surface area contributed by atoms with Gasteiger partial charge in [-0.2, -0.15) is 0 Å². The number of rotatable bonds is 6. The van der Waals surface area contributed by atoms with Crippen molar-refractivity contribution < 1.29 is 9.53 Å². The Kier molecular flexibility index (Phi) is 7.15. The number of carbonyl (C=O) groups is 1. The van der Waals surface area contributed by atoms with Gasteiger partial charge in [0.15, 0.2) is 0 Å². The van der Waals surface area contributed by atoms with Gasteiger partial charge in [-0.25, -0.2) is 4.79 Å². The third-order valence-electron chi connectivity index (χ3n) is 5.36. The van der Waals surface area contributed by atoms with E-state index in [1.807, 2.05) is 6.92 Å². The Morgan fingerprint density at radius 1 is 1.30 bits per heavy atom. The average Bonchev–Trinajstić information content (AvgIpc) is 2.52. The number of piperidine rings is 2. The van der Waals surface area contributed by atoms with E-state index in [1.165, 1.54) is 6.42 Å². The predicted molar refractivity (Wildman–Crippen MR) is 93.6 cm³/mol. The molecule has 23 heavy (non-hydrogen) atoms. The minimum Gasteiger partial charge on any atom is -0.378 e. The molecule has 2 heterocycles. The van der Waals surface area contributed by atoms with Gasteiger partial charge in [0.2, 0.25) is 0 Å². The van der Waals surface area contributed by atoms with Crippen molar-refractivity contribution in [1.29, 1.82) is 0 Å². The van der Waals surface area contributed by atoms with Gasteiger partial charge < -0.3 is 19.9 Å². The van der Waals surface area contributed by atoms with Gasteiger partial charge in [-0.15, -0.1) is 0 Å². The van der Waals surface area contributed by atoms with Gasteiger partial charge in [0.1, 0.15) is 0 Å². The Hall–Kier alpha value is -0.810. The molecule has 2 aliphatic rings. The fourth-order valence-corrected chi connectivity index (χ4v) is 4.08. The third kappa shape index (κ3) is 5.08. The smallest absolute Gasteiger partial charge is 0.317 e. The number of hydrogen-bond acceptors (Lipinski definition) is 3. The van der Waals surface area contributed by atoms with E-state index in [0.29, 0.717) is 24.4 Å². The third-order valence-corrected chi connectivity index (χ3v) is 5.36. The lowest BCUT2D eigenvalue weighted by molar-refractivity contribution is 0.0242. The summed E-state index contributed by atoms with van der Waals surface area (Å²) in [7, 11) is 2.19. The first kappa shape index (κ1) is 18.5. The Bertz CT molecular complexity index is 375. The summed E-state index contributed by atoms with van der Waals surface area (Å²) in [6, 6.07) is 0.566. The van der Waals surface area contributed by atoms with Gasteiger partial charge in [-0.1, -0.05) is 13.8 Å². The van der Waals surface area contributed by atoms with Crippen molar-refractivity contribution in [2.24, 2.45) is 11.8 Å². The number of nitrogens with zero attached hydrogens (tertiary/aromatic N) is 2. The van der Waals surface area contributed by atoms with Crippen molar-refractivity contribution >= 4 is 6.03 Å². The zero-order chi connectivity index (χ0) is 16.8. The lowest BCUT2D eigenvalue weighted by atomic mass is 9.84. The van der Waals surface area contributed by atoms with Crippen molar-refractivity contribution in [2.45, 2.75) is 58.6 Å². The maximum absolute atomic E-state index is 12.6. The van der Waals surface area contributed by atoms with Crippen LogP contribution in [0.4, 0.5) is 4.79 Å². The van der Waals surface area contributed by atoms with Crippen molar-refractivity contribution in [3.05, 3.63) is 0 Å². The fourth-order valence-electron chi connectivity index (χ4n) is 4.08. The van der Waals surface area contributed by atoms with E-state index in [0.717, 1.165) is 45.5 Å². The maximum atomic E-state index is 12.6. The highest BCUT2D eigenvalue weighted by Gasteiger charge is 2.37. The van der Waals surface area contributed by atoms with E-state index < -0.39 is 0 Å². The molecule has 2 saturated heterocycles. The van der Waals surface area contributed by atoms with Crippen LogP contribution >= 0.6 is 0 Å². The monoisotopic (exact) mass is 325 g/mol.